The van der Waals surface area contributed by atoms with Gasteiger partial charge in [-0.05, 0) is 12.1 Å². The molecule has 96 valence electrons. The molecular formula is C12H14ClN3O2. The molecule has 0 aliphatic carbocycles. The van der Waals surface area contributed by atoms with Gasteiger partial charge in [0.05, 0.1) is 23.5 Å². The zero-order valence-electron chi connectivity index (χ0n) is 9.80. The average Bonchev–Trinajstić information content (AvgIpc) is 2.72. The number of nitrogens with zero attached hydrogens (tertiary/aromatic N) is 2. The van der Waals surface area contributed by atoms with Crippen molar-refractivity contribution in [2.24, 2.45) is 5.73 Å². The van der Waals surface area contributed by atoms with Crippen molar-refractivity contribution in [2.45, 2.75) is 12.4 Å². The number of carbonyl (C=O) groups excluding carboxylic acids is 1. The van der Waals surface area contributed by atoms with E-state index in [1.807, 2.05) is 28.8 Å². The summed E-state index contributed by atoms with van der Waals surface area (Å²) in [5.41, 5.74) is 6.91. The van der Waals surface area contributed by atoms with E-state index in [4.69, 9.17) is 22.1 Å². The summed E-state index contributed by atoms with van der Waals surface area (Å²) in [6, 6.07) is 7.79. The Hall–Kier alpha value is -1.59. The number of rotatable bonds is 6. The number of ether oxygens (including phenoxy) is 1. The maximum Gasteiger partial charge on any atom is 0.243 e. The molecule has 0 fully saturated rings. The summed E-state index contributed by atoms with van der Waals surface area (Å²) in [6.07, 6.45) is 0. The van der Waals surface area contributed by atoms with Crippen molar-refractivity contribution in [2.75, 3.05) is 13.2 Å². The van der Waals surface area contributed by atoms with Gasteiger partial charge in [-0.25, -0.2) is 4.98 Å². The summed E-state index contributed by atoms with van der Waals surface area (Å²) < 4.78 is 7.14. The van der Waals surface area contributed by atoms with Gasteiger partial charge in [-0.3, -0.25) is 4.79 Å². The highest BCUT2D eigenvalue weighted by molar-refractivity contribution is 6.16. The molecular weight excluding hydrogens is 254 g/mol. The van der Waals surface area contributed by atoms with E-state index in [2.05, 4.69) is 4.98 Å². The van der Waals surface area contributed by atoms with Crippen LogP contribution in [0.1, 0.15) is 5.82 Å². The SMILES string of the molecule is NC(=O)COCCn1c(CCl)nc2ccccc21. The lowest BCUT2D eigenvalue weighted by atomic mass is 10.3. The van der Waals surface area contributed by atoms with Crippen LogP contribution in [0, 0.1) is 0 Å². The van der Waals surface area contributed by atoms with Gasteiger partial charge in [-0.15, -0.1) is 11.6 Å². The number of primary amides is 1. The molecule has 1 aromatic heterocycles. The zero-order chi connectivity index (χ0) is 13.0. The number of fused-ring (bicyclic) bond motifs is 1. The Bertz CT molecular complexity index is 553. The Morgan fingerprint density at radius 1 is 1.44 bits per heavy atom. The number of amides is 1. The van der Waals surface area contributed by atoms with Gasteiger partial charge in [0.1, 0.15) is 12.4 Å². The summed E-state index contributed by atoms with van der Waals surface area (Å²) in [6.45, 7) is 0.922. The number of carbonyl (C=O) groups is 1. The first-order chi connectivity index (χ1) is 8.72. The van der Waals surface area contributed by atoms with Crippen molar-refractivity contribution in [3.8, 4) is 0 Å². The van der Waals surface area contributed by atoms with Gasteiger partial charge in [0.2, 0.25) is 5.91 Å². The van der Waals surface area contributed by atoms with Crippen LogP contribution in [0.2, 0.25) is 0 Å². The van der Waals surface area contributed by atoms with E-state index in [-0.39, 0.29) is 6.61 Å². The molecule has 18 heavy (non-hydrogen) atoms. The van der Waals surface area contributed by atoms with Crippen molar-refractivity contribution in [1.82, 2.24) is 9.55 Å². The number of alkyl halides is 1. The van der Waals surface area contributed by atoms with Gasteiger partial charge >= 0.3 is 0 Å². The fourth-order valence-electron chi connectivity index (χ4n) is 1.81. The number of nitrogens with two attached hydrogens (primary N) is 1. The van der Waals surface area contributed by atoms with Crippen LogP contribution >= 0.6 is 11.6 Å². The maximum absolute atomic E-state index is 10.6. The second-order valence-electron chi connectivity index (χ2n) is 3.82. The lowest BCUT2D eigenvalue weighted by Crippen LogP contribution is -2.20. The van der Waals surface area contributed by atoms with Gasteiger partial charge in [0, 0.05) is 6.54 Å². The van der Waals surface area contributed by atoms with Crippen LogP contribution in [-0.4, -0.2) is 28.7 Å². The Morgan fingerprint density at radius 2 is 2.22 bits per heavy atom. The van der Waals surface area contributed by atoms with Gasteiger partial charge in [-0.1, -0.05) is 12.1 Å². The number of hydrogen-bond acceptors (Lipinski definition) is 3. The van der Waals surface area contributed by atoms with Crippen molar-refractivity contribution < 1.29 is 9.53 Å². The average molecular weight is 268 g/mol. The largest absolute Gasteiger partial charge is 0.370 e. The third-order valence-corrected chi connectivity index (χ3v) is 2.80. The van der Waals surface area contributed by atoms with E-state index < -0.39 is 5.91 Å². The van der Waals surface area contributed by atoms with Crippen molar-refractivity contribution in [1.29, 1.82) is 0 Å². The smallest absolute Gasteiger partial charge is 0.243 e. The molecule has 1 aromatic carbocycles. The first-order valence-electron chi connectivity index (χ1n) is 5.58. The Kier molecular flexibility index (Phi) is 4.17. The second kappa shape index (κ2) is 5.84. The number of benzene rings is 1. The lowest BCUT2D eigenvalue weighted by molar-refractivity contribution is -0.122. The van der Waals surface area contributed by atoms with E-state index in [1.165, 1.54) is 0 Å². The molecule has 0 spiro atoms. The van der Waals surface area contributed by atoms with E-state index in [1.54, 1.807) is 0 Å². The van der Waals surface area contributed by atoms with Gasteiger partial charge in [-0.2, -0.15) is 0 Å². The van der Waals surface area contributed by atoms with Crippen LogP contribution in [0.25, 0.3) is 11.0 Å². The first-order valence-corrected chi connectivity index (χ1v) is 6.12. The number of halogens is 1. The number of para-hydroxylation sites is 2. The summed E-state index contributed by atoms with van der Waals surface area (Å²) >= 11 is 5.87. The predicted molar refractivity (Wildman–Crippen MR) is 69.3 cm³/mol. The molecule has 0 bridgehead atoms. The molecule has 0 saturated carbocycles. The van der Waals surface area contributed by atoms with Gasteiger partial charge in [0.25, 0.3) is 0 Å². The highest BCUT2D eigenvalue weighted by Gasteiger charge is 2.08. The summed E-state index contributed by atoms with van der Waals surface area (Å²) in [4.78, 5) is 15.0. The monoisotopic (exact) mass is 267 g/mol. The molecule has 0 atom stereocenters. The normalized spacial score (nSPS) is 10.9. The van der Waals surface area contributed by atoms with E-state index in [0.717, 1.165) is 16.9 Å². The Morgan fingerprint density at radius 3 is 2.94 bits per heavy atom. The van der Waals surface area contributed by atoms with Crippen LogP contribution in [0.4, 0.5) is 0 Å². The second-order valence-corrected chi connectivity index (χ2v) is 4.09. The Balaban J connectivity index is 2.13. The molecule has 2 rings (SSSR count). The van der Waals surface area contributed by atoms with Crippen molar-refractivity contribution in [3.05, 3.63) is 30.1 Å². The molecule has 0 aliphatic heterocycles. The van der Waals surface area contributed by atoms with Crippen molar-refractivity contribution >= 4 is 28.5 Å². The van der Waals surface area contributed by atoms with Gasteiger partial charge in [0.15, 0.2) is 0 Å². The number of aromatic nitrogens is 2. The van der Waals surface area contributed by atoms with E-state index in [9.17, 15) is 4.79 Å². The fraction of sp³-hybridized carbons (Fsp3) is 0.333. The number of hydrogen-bond donors (Lipinski definition) is 1. The van der Waals surface area contributed by atoms with Crippen LogP contribution < -0.4 is 5.73 Å². The molecule has 0 saturated heterocycles. The molecule has 0 aliphatic rings. The quantitative estimate of drug-likeness (QED) is 0.633. The van der Waals surface area contributed by atoms with Gasteiger partial charge < -0.3 is 15.0 Å². The summed E-state index contributed by atoms with van der Waals surface area (Å²) in [5.74, 6) is 0.661. The summed E-state index contributed by atoms with van der Waals surface area (Å²) in [5, 5.41) is 0. The molecule has 2 N–H and O–H groups in total. The maximum atomic E-state index is 10.6. The topological polar surface area (TPSA) is 70.1 Å². The fourth-order valence-corrected chi connectivity index (χ4v) is 2.01. The van der Waals surface area contributed by atoms with E-state index >= 15 is 0 Å². The molecule has 5 nitrogen and oxygen atoms in total. The van der Waals surface area contributed by atoms with Crippen LogP contribution in [-0.2, 0) is 22.0 Å². The van der Waals surface area contributed by atoms with Crippen molar-refractivity contribution in [3.63, 3.8) is 0 Å². The molecule has 6 heteroatoms. The summed E-state index contributed by atoms with van der Waals surface area (Å²) in [7, 11) is 0. The molecule has 0 radical (unpaired) electrons. The first kappa shape index (κ1) is 12.9. The van der Waals surface area contributed by atoms with Crippen LogP contribution in [0.3, 0.4) is 0 Å². The highest BCUT2D eigenvalue weighted by atomic mass is 35.5. The zero-order valence-corrected chi connectivity index (χ0v) is 10.6. The third kappa shape index (κ3) is 2.80. The molecule has 0 unspecified atom stereocenters. The minimum atomic E-state index is -0.469. The number of imidazole rings is 1. The molecule has 2 aromatic rings. The molecule has 1 amide bonds. The van der Waals surface area contributed by atoms with Crippen LogP contribution in [0.5, 0.6) is 0 Å². The minimum absolute atomic E-state index is 0.0666. The Labute approximate surface area is 109 Å². The molecule has 1 heterocycles. The highest BCUT2D eigenvalue weighted by Crippen LogP contribution is 2.17. The third-order valence-electron chi connectivity index (χ3n) is 2.56. The van der Waals surface area contributed by atoms with E-state index in [0.29, 0.717) is 19.0 Å². The van der Waals surface area contributed by atoms with Crippen LogP contribution in [0.15, 0.2) is 24.3 Å². The lowest BCUT2D eigenvalue weighted by Gasteiger charge is -2.07. The minimum Gasteiger partial charge on any atom is -0.370 e. The predicted octanol–water partition coefficient (Wildman–Crippen LogP) is 1.28. The standard InChI is InChI=1S/C12H14ClN3O2/c13-7-12-15-9-3-1-2-4-10(9)16(12)5-6-18-8-11(14)17/h1-4H,5-8H2,(H2,14,17).